The van der Waals surface area contributed by atoms with Crippen LogP contribution in [0.1, 0.15) is 34.6 Å². The fourth-order valence-electron chi connectivity index (χ4n) is 1.73. The first-order chi connectivity index (χ1) is 9.19. The fourth-order valence-corrected chi connectivity index (χ4v) is 1.73. The van der Waals surface area contributed by atoms with E-state index in [-0.39, 0.29) is 0 Å². The zero-order valence-corrected chi connectivity index (χ0v) is 10.8. The monoisotopic (exact) mass is 265 g/mol. The highest BCUT2D eigenvalue weighted by Gasteiger charge is 2.38. The van der Waals surface area contributed by atoms with E-state index in [1.54, 1.807) is 38.1 Å². The number of imide groups is 1. The number of carbonyl (C=O) groups excluding carboxylic acids is 2. The van der Waals surface area contributed by atoms with Gasteiger partial charge in [-0.2, -0.15) is 0 Å². The maximum absolute atomic E-state index is 12.0. The molecule has 0 radical (unpaired) electrons. The number of amides is 2. The van der Waals surface area contributed by atoms with Gasteiger partial charge in [0.2, 0.25) is 0 Å². The summed E-state index contributed by atoms with van der Waals surface area (Å²) in [6.45, 7) is 3.13. The largest absolute Gasteiger partial charge is 0.329 e. The number of ether oxygens (including phenoxy) is 2. The van der Waals surface area contributed by atoms with Gasteiger partial charge in [0.1, 0.15) is 0 Å². The number of rotatable bonds is 6. The number of hydrogen-bond acceptors (Lipinski definition) is 5. The predicted octanol–water partition coefficient (Wildman–Crippen LogP) is 1.57. The third-order valence-corrected chi connectivity index (χ3v) is 2.55. The van der Waals surface area contributed by atoms with Gasteiger partial charge < -0.3 is 9.47 Å². The van der Waals surface area contributed by atoms with Crippen molar-refractivity contribution in [2.45, 2.75) is 20.3 Å². The molecule has 0 saturated heterocycles. The number of nitrogens with zero attached hydrogens (tertiary/aromatic N) is 1. The summed E-state index contributed by atoms with van der Waals surface area (Å²) in [5.41, 5.74) is 0.637. The van der Waals surface area contributed by atoms with Crippen LogP contribution in [0.4, 0.5) is 0 Å². The van der Waals surface area contributed by atoms with E-state index in [1.165, 1.54) is 0 Å². The highest BCUT2D eigenvalue weighted by molar-refractivity contribution is 6.20. The summed E-state index contributed by atoms with van der Waals surface area (Å²) < 4.78 is 10.3. The molecule has 0 aromatic heterocycles. The summed E-state index contributed by atoms with van der Waals surface area (Å²) in [5.74, 6) is -1.02. The van der Waals surface area contributed by atoms with Gasteiger partial charge in [0.05, 0.1) is 11.1 Å². The average Bonchev–Trinajstić information content (AvgIpc) is 2.65. The highest BCUT2D eigenvalue weighted by Crippen LogP contribution is 2.23. The Balaban J connectivity index is 2.15. The number of carbonyl (C=O) groups is 2. The van der Waals surface area contributed by atoms with Crippen LogP contribution in [0.5, 0.6) is 0 Å². The molecule has 1 aromatic rings. The van der Waals surface area contributed by atoms with Crippen LogP contribution in [-0.2, 0) is 14.3 Å². The molecule has 0 fully saturated rings. The van der Waals surface area contributed by atoms with Gasteiger partial charge >= 0.3 is 0 Å². The summed E-state index contributed by atoms with van der Waals surface area (Å²) in [5, 5.41) is 0.681. The van der Waals surface area contributed by atoms with Gasteiger partial charge in [-0.05, 0) is 26.0 Å². The lowest BCUT2D eigenvalue weighted by molar-refractivity contribution is -0.340. The third kappa shape index (κ3) is 2.65. The predicted molar refractivity (Wildman–Crippen MR) is 65.1 cm³/mol. The second kappa shape index (κ2) is 5.92. The van der Waals surface area contributed by atoms with Gasteiger partial charge in [-0.1, -0.05) is 12.1 Å². The fraction of sp³-hybridized carbons (Fsp3) is 0.385. The van der Waals surface area contributed by atoms with Crippen LogP contribution in [-0.4, -0.2) is 36.6 Å². The quantitative estimate of drug-likeness (QED) is 0.577. The zero-order valence-electron chi connectivity index (χ0n) is 10.8. The number of hydroxylamine groups is 2. The first kappa shape index (κ1) is 13.7. The van der Waals surface area contributed by atoms with Crippen LogP contribution < -0.4 is 0 Å². The average molecular weight is 265 g/mol. The summed E-state index contributed by atoms with van der Waals surface area (Å²) in [6.07, 6.45) is 0. The zero-order chi connectivity index (χ0) is 13.8. The molecule has 2 rings (SSSR count). The Kier molecular flexibility index (Phi) is 4.26. The Hall–Kier alpha value is -1.76. The van der Waals surface area contributed by atoms with Crippen molar-refractivity contribution in [1.82, 2.24) is 5.06 Å². The van der Waals surface area contributed by atoms with Crippen molar-refractivity contribution in [3.8, 4) is 0 Å². The van der Waals surface area contributed by atoms with Crippen molar-refractivity contribution in [3.63, 3.8) is 0 Å². The van der Waals surface area contributed by atoms with Crippen LogP contribution in [0.25, 0.3) is 0 Å². The molecule has 2 amide bonds. The maximum atomic E-state index is 12.0. The molecule has 0 aliphatic carbocycles. The summed E-state index contributed by atoms with van der Waals surface area (Å²) in [4.78, 5) is 29.2. The SMILES string of the molecule is CCOC(OCC)ON1C(=O)c2ccccc2C1=O. The van der Waals surface area contributed by atoms with E-state index in [0.29, 0.717) is 29.4 Å². The van der Waals surface area contributed by atoms with Crippen LogP contribution in [0.3, 0.4) is 0 Å². The molecular formula is C13H15NO5. The second-order valence-electron chi connectivity index (χ2n) is 3.76. The van der Waals surface area contributed by atoms with Crippen molar-refractivity contribution in [2.24, 2.45) is 0 Å². The minimum atomic E-state index is -1.07. The molecular weight excluding hydrogens is 250 g/mol. The summed E-state index contributed by atoms with van der Waals surface area (Å²) in [7, 11) is 0. The molecule has 0 saturated carbocycles. The van der Waals surface area contributed by atoms with Gasteiger partial charge in [-0.15, -0.1) is 5.06 Å². The standard InChI is InChI=1S/C13H15NO5/c1-3-17-13(18-4-2)19-14-11(15)9-7-5-6-8-10(9)12(14)16/h5-8,13H,3-4H2,1-2H3. The van der Waals surface area contributed by atoms with E-state index in [2.05, 4.69) is 0 Å². The minimum Gasteiger partial charge on any atom is -0.329 e. The molecule has 0 unspecified atom stereocenters. The normalized spacial score (nSPS) is 14.4. The first-order valence-electron chi connectivity index (χ1n) is 6.06. The number of benzene rings is 1. The lowest BCUT2D eigenvalue weighted by atomic mass is 10.1. The van der Waals surface area contributed by atoms with E-state index in [9.17, 15) is 9.59 Å². The van der Waals surface area contributed by atoms with Gasteiger partial charge in [0.25, 0.3) is 18.3 Å². The Morgan fingerprint density at radius 3 is 1.89 bits per heavy atom. The van der Waals surface area contributed by atoms with Crippen molar-refractivity contribution in [3.05, 3.63) is 35.4 Å². The lowest BCUT2D eigenvalue weighted by Crippen LogP contribution is -2.37. The van der Waals surface area contributed by atoms with E-state index in [0.717, 1.165) is 0 Å². The van der Waals surface area contributed by atoms with Gasteiger partial charge in [0, 0.05) is 13.2 Å². The first-order valence-corrected chi connectivity index (χ1v) is 6.06. The molecule has 1 aromatic carbocycles. The maximum Gasteiger partial charge on any atom is 0.295 e. The smallest absolute Gasteiger partial charge is 0.295 e. The minimum absolute atomic E-state index is 0.319. The van der Waals surface area contributed by atoms with Crippen LogP contribution in [0.2, 0.25) is 0 Å². The molecule has 1 heterocycles. The topological polar surface area (TPSA) is 65.1 Å². The molecule has 6 heteroatoms. The van der Waals surface area contributed by atoms with Gasteiger partial charge in [-0.3, -0.25) is 9.59 Å². The number of hydrogen-bond donors (Lipinski definition) is 0. The van der Waals surface area contributed by atoms with Crippen LogP contribution >= 0.6 is 0 Å². The van der Waals surface area contributed by atoms with E-state index < -0.39 is 18.3 Å². The van der Waals surface area contributed by atoms with Crippen molar-refractivity contribution < 1.29 is 23.9 Å². The Labute approximate surface area is 110 Å². The number of fused-ring (bicyclic) bond motifs is 1. The van der Waals surface area contributed by atoms with Crippen molar-refractivity contribution >= 4 is 11.8 Å². The van der Waals surface area contributed by atoms with Crippen molar-refractivity contribution in [2.75, 3.05) is 13.2 Å². The molecule has 1 aliphatic rings. The summed E-state index contributed by atoms with van der Waals surface area (Å²) in [6, 6.07) is 6.54. The van der Waals surface area contributed by atoms with Crippen LogP contribution in [0, 0.1) is 0 Å². The Morgan fingerprint density at radius 2 is 1.47 bits per heavy atom. The third-order valence-electron chi connectivity index (χ3n) is 2.55. The summed E-state index contributed by atoms with van der Waals surface area (Å²) >= 11 is 0. The molecule has 19 heavy (non-hydrogen) atoms. The van der Waals surface area contributed by atoms with E-state index in [1.807, 2.05) is 0 Å². The van der Waals surface area contributed by atoms with Crippen LogP contribution in [0.15, 0.2) is 24.3 Å². The van der Waals surface area contributed by atoms with E-state index >= 15 is 0 Å². The van der Waals surface area contributed by atoms with Gasteiger partial charge in [0.15, 0.2) is 0 Å². The Bertz CT molecular complexity index is 447. The lowest BCUT2D eigenvalue weighted by Gasteiger charge is -2.21. The molecule has 6 nitrogen and oxygen atoms in total. The van der Waals surface area contributed by atoms with Crippen molar-refractivity contribution in [1.29, 1.82) is 0 Å². The molecule has 0 spiro atoms. The van der Waals surface area contributed by atoms with E-state index in [4.69, 9.17) is 14.3 Å². The molecule has 0 bridgehead atoms. The second-order valence-corrected chi connectivity index (χ2v) is 3.76. The highest BCUT2D eigenvalue weighted by atomic mass is 16.9. The van der Waals surface area contributed by atoms with Gasteiger partial charge in [-0.25, -0.2) is 4.84 Å². The molecule has 102 valence electrons. The molecule has 0 atom stereocenters. The molecule has 0 N–H and O–H groups in total. The molecule has 1 aliphatic heterocycles. The Morgan fingerprint density at radius 1 is 1.00 bits per heavy atom.